The van der Waals surface area contributed by atoms with E-state index in [0.717, 1.165) is 15.6 Å². The molecule has 0 aliphatic rings. The molecule has 0 radical (unpaired) electrons. The third-order valence-electron chi connectivity index (χ3n) is 2.54. The minimum absolute atomic E-state index is 0.00955. The average Bonchev–Trinajstić information content (AvgIpc) is 2.38. The van der Waals surface area contributed by atoms with Gasteiger partial charge in [-0.3, -0.25) is 4.79 Å². The summed E-state index contributed by atoms with van der Waals surface area (Å²) in [5.74, 6) is 0.00955. The molecule has 1 nitrogen and oxygen atoms in total. The summed E-state index contributed by atoms with van der Waals surface area (Å²) < 4.78 is 0.569. The highest BCUT2D eigenvalue weighted by molar-refractivity contribution is 9.25. The first kappa shape index (κ1) is 14.0. The highest BCUT2D eigenvalue weighted by Gasteiger charge is 2.14. The van der Waals surface area contributed by atoms with E-state index >= 15 is 0 Å². The Morgan fingerprint density at radius 2 is 1.67 bits per heavy atom. The van der Waals surface area contributed by atoms with Gasteiger partial charge < -0.3 is 0 Å². The van der Waals surface area contributed by atoms with Gasteiger partial charge >= 0.3 is 0 Å². The van der Waals surface area contributed by atoms with Crippen molar-refractivity contribution in [2.24, 2.45) is 0 Å². The minimum Gasteiger partial charge on any atom is -0.292 e. The zero-order chi connectivity index (χ0) is 13.1. The van der Waals surface area contributed by atoms with E-state index in [9.17, 15) is 4.79 Å². The molecular formula is C14H9Br3O. The number of hydrogen-bond donors (Lipinski definition) is 0. The van der Waals surface area contributed by atoms with Crippen LogP contribution >= 0.6 is 47.8 Å². The molecule has 2 aromatic carbocycles. The second-order valence-electron chi connectivity index (χ2n) is 3.73. The molecule has 0 heterocycles. The molecule has 0 N–H and O–H groups in total. The van der Waals surface area contributed by atoms with Gasteiger partial charge in [0, 0.05) is 10.0 Å². The van der Waals surface area contributed by atoms with Crippen LogP contribution < -0.4 is 0 Å². The van der Waals surface area contributed by atoms with Crippen LogP contribution in [0, 0.1) is 0 Å². The normalized spacial score (nSPS) is 10.7. The minimum atomic E-state index is -0.348. The van der Waals surface area contributed by atoms with Crippen LogP contribution in [-0.2, 0) is 0 Å². The Morgan fingerprint density at radius 1 is 1.00 bits per heavy atom. The van der Waals surface area contributed by atoms with Crippen LogP contribution in [0.4, 0.5) is 0 Å². The van der Waals surface area contributed by atoms with Crippen molar-refractivity contribution >= 4 is 53.6 Å². The van der Waals surface area contributed by atoms with E-state index in [1.807, 2.05) is 48.5 Å². The molecule has 2 rings (SSSR count). The number of benzene rings is 2. The van der Waals surface area contributed by atoms with Crippen molar-refractivity contribution in [2.75, 3.05) is 0 Å². The largest absolute Gasteiger partial charge is 0.292 e. The number of ketones is 1. The van der Waals surface area contributed by atoms with Crippen molar-refractivity contribution in [3.63, 3.8) is 0 Å². The fourth-order valence-electron chi connectivity index (χ4n) is 1.65. The summed E-state index contributed by atoms with van der Waals surface area (Å²) in [6.07, 6.45) is 0. The second-order valence-corrected chi connectivity index (χ2v) is 7.64. The first-order valence-corrected chi connectivity index (χ1v) is 7.89. The number of rotatable bonds is 3. The van der Waals surface area contributed by atoms with Crippen molar-refractivity contribution in [2.45, 2.75) is 3.74 Å². The summed E-state index contributed by atoms with van der Waals surface area (Å²) in [7, 11) is 0. The highest BCUT2D eigenvalue weighted by atomic mass is 79.9. The fourth-order valence-corrected chi connectivity index (χ4v) is 2.78. The van der Waals surface area contributed by atoms with Crippen molar-refractivity contribution in [3.05, 3.63) is 58.6 Å². The van der Waals surface area contributed by atoms with Gasteiger partial charge in [0.1, 0.15) is 3.74 Å². The summed E-state index contributed by atoms with van der Waals surface area (Å²) >= 11 is 9.95. The lowest BCUT2D eigenvalue weighted by molar-refractivity contribution is 0.101. The van der Waals surface area contributed by atoms with E-state index in [4.69, 9.17) is 0 Å². The lowest BCUT2D eigenvalue weighted by atomic mass is 10.0. The molecule has 0 aromatic heterocycles. The SMILES string of the molecule is O=C(c1ccc(-c2ccccc2)c(Br)c1)C(Br)Br. The van der Waals surface area contributed by atoms with Crippen LogP contribution in [0.5, 0.6) is 0 Å². The smallest absolute Gasteiger partial charge is 0.187 e. The average molecular weight is 433 g/mol. The Balaban J connectivity index is 2.40. The highest BCUT2D eigenvalue weighted by Crippen LogP contribution is 2.30. The first-order valence-electron chi connectivity index (χ1n) is 5.27. The van der Waals surface area contributed by atoms with Gasteiger partial charge in [-0.15, -0.1) is 0 Å². The standard InChI is InChI=1S/C14H9Br3O/c15-12-8-10(13(18)14(16)17)6-7-11(12)9-4-2-1-3-5-9/h1-8,14H. The van der Waals surface area contributed by atoms with Crippen molar-refractivity contribution in [1.82, 2.24) is 0 Å². The second kappa shape index (κ2) is 6.13. The molecule has 92 valence electrons. The molecule has 0 saturated heterocycles. The van der Waals surface area contributed by atoms with Crippen LogP contribution in [-0.4, -0.2) is 9.52 Å². The number of carbonyl (C=O) groups is 1. The van der Waals surface area contributed by atoms with E-state index in [2.05, 4.69) is 47.8 Å². The zero-order valence-corrected chi connectivity index (χ0v) is 14.0. The Bertz CT molecular complexity index is 565. The van der Waals surface area contributed by atoms with Gasteiger partial charge in [-0.2, -0.15) is 0 Å². The molecule has 0 atom stereocenters. The van der Waals surface area contributed by atoms with Crippen LogP contribution in [0.15, 0.2) is 53.0 Å². The first-order chi connectivity index (χ1) is 8.59. The molecule has 0 aliphatic heterocycles. The summed E-state index contributed by atoms with van der Waals surface area (Å²) in [5, 5.41) is 0. The third-order valence-corrected chi connectivity index (χ3v) is 4.02. The summed E-state index contributed by atoms with van der Waals surface area (Å²) in [5.41, 5.74) is 2.87. The number of Topliss-reactive ketones (excluding diaryl/α,β-unsaturated/α-hetero) is 1. The Morgan fingerprint density at radius 3 is 2.22 bits per heavy atom. The number of carbonyl (C=O) groups excluding carboxylic acids is 1. The number of alkyl halides is 2. The monoisotopic (exact) mass is 430 g/mol. The fraction of sp³-hybridized carbons (Fsp3) is 0.0714. The molecule has 0 amide bonds. The third kappa shape index (κ3) is 3.11. The van der Waals surface area contributed by atoms with Crippen molar-refractivity contribution in [1.29, 1.82) is 0 Å². The number of hydrogen-bond acceptors (Lipinski definition) is 1. The molecule has 0 spiro atoms. The molecule has 0 aliphatic carbocycles. The van der Waals surface area contributed by atoms with E-state index in [0.29, 0.717) is 5.56 Å². The van der Waals surface area contributed by atoms with E-state index in [-0.39, 0.29) is 9.52 Å². The lowest BCUT2D eigenvalue weighted by Crippen LogP contribution is -2.06. The van der Waals surface area contributed by atoms with Gasteiger partial charge in [0.15, 0.2) is 5.78 Å². The van der Waals surface area contributed by atoms with E-state index < -0.39 is 0 Å². The molecule has 4 heteroatoms. The molecule has 18 heavy (non-hydrogen) atoms. The van der Waals surface area contributed by atoms with Gasteiger partial charge in [0.2, 0.25) is 0 Å². The molecule has 0 saturated carbocycles. The topological polar surface area (TPSA) is 17.1 Å². The summed E-state index contributed by atoms with van der Waals surface area (Å²) in [4.78, 5) is 11.8. The maximum Gasteiger partial charge on any atom is 0.187 e. The maximum absolute atomic E-state index is 11.8. The predicted octanol–water partition coefficient (Wildman–Crippen LogP) is 5.41. The van der Waals surface area contributed by atoms with E-state index in [1.165, 1.54) is 0 Å². The quantitative estimate of drug-likeness (QED) is 0.468. The molecule has 0 fully saturated rings. The van der Waals surface area contributed by atoms with Crippen LogP contribution in [0.25, 0.3) is 11.1 Å². The lowest BCUT2D eigenvalue weighted by Gasteiger charge is -2.07. The maximum atomic E-state index is 11.8. The van der Waals surface area contributed by atoms with Gasteiger partial charge in [-0.05, 0) is 17.2 Å². The van der Waals surface area contributed by atoms with Gasteiger partial charge in [0.25, 0.3) is 0 Å². The van der Waals surface area contributed by atoms with Crippen LogP contribution in [0.3, 0.4) is 0 Å². The summed E-state index contributed by atoms with van der Waals surface area (Å²) in [6, 6.07) is 15.7. The van der Waals surface area contributed by atoms with Gasteiger partial charge in [0.05, 0.1) is 0 Å². The van der Waals surface area contributed by atoms with Gasteiger partial charge in [-0.1, -0.05) is 90.3 Å². The Hall–Kier alpha value is -0.450. The zero-order valence-electron chi connectivity index (χ0n) is 9.24. The molecular weight excluding hydrogens is 424 g/mol. The predicted molar refractivity (Wildman–Crippen MR) is 85.6 cm³/mol. The Kier molecular flexibility index (Phi) is 4.76. The Labute approximate surface area is 131 Å². The summed E-state index contributed by atoms with van der Waals surface area (Å²) in [6.45, 7) is 0. The van der Waals surface area contributed by atoms with Crippen LogP contribution in [0.1, 0.15) is 10.4 Å². The van der Waals surface area contributed by atoms with E-state index in [1.54, 1.807) is 0 Å². The number of halogens is 3. The van der Waals surface area contributed by atoms with Crippen molar-refractivity contribution < 1.29 is 4.79 Å². The van der Waals surface area contributed by atoms with Crippen molar-refractivity contribution in [3.8, 4) is 11.1 Å². The van der Waals surface area contributed by atoms with Gasteiger partial charge in [-0.25, -0.2) is 0 Å². The molecule has 2 aromatic rings. The molecule has 0 bridgehead atoms. The van der Waals surface area contributed by atoms with Crippen LogP contribution in [0.2, 0.25) is 0 Å². The molecule has 0 unspecified atom stereocenters.